The molecule has 2 radical (unpaired) electrons. The highest BCUT2D eigenvalue weighted by molar-refractivity contribution is 6.32. The van der Waals surface area contributed by atoms with Crippen LogP contribution in [0.1, 0.15) is 56.3 Å². The van der Waals surface area contributed by atoms with Crippen molar-refractivity contribution < 1.29 is 9.47 Å². The SMILES string of the molecule is [B]c1ccc([C@H](CCCCCC)OCc2ccc(OC)cc2)cc1. The first-order chi connectivity index (χ1) is 11.7. The Bertz CT molecular complexity index is 578. The normalized spacial score (nSPS) is 12.1. The van der Waals surface area contributed by atoms with Crippen LogP contribution in [0.25, 0.3) is 0 Å². The lowest BCUT2D eigenvalue weighted by Gasteiger charge is -2.19. The van der Waals surface area contributed by atoms with Gasteiger partial charge in [-0.3, -0.25) is 0 Å². The van der Waals surface area contributed by atoms with Gasteiger partial charge in [0.1, 0.15) is 13.6 Å². The molecular weight excluding hydrogens is 295 g/mol. The zero-order valence-corrected chi connectivity index (χ0v) is 14.8. The number of rotatable bonds is 10. The Morgan fingerprint density at radius 1 is 0.917 bits per heavy atom. The van der Waals surface area contributed by atoms with Crippen LogP contribution in [0.3, 0.4) is 0 Å². The number of ether oxygens (including phenoxy) is 2. The van der Waals surface area contributed by atoms with Crippen molar-refractivity contribution >= 4 is 13.3 Å². The van der Waals surface area contributed by atoms with E-state index in [0.717, 1.165) is 23.2 Å². The van der Waals surface area contributed by atoms with Crippen molar-refractivity contribution in [3.63, 3.8) is 0 Å². The highest BCUT2D eigenvalue weighted by Gasteiger charge is 2.12. The molecule has 2 nitrogen and oxygen atoms in total. The average molecular weight is 322 g/mol. The molecule has 0 aliphatic carbocycles. The van der Waals surface area contributed by atoms with E-state index in [1.165, 1.54) is 31.2 Å². The van der Waals surface area contributed by atoms with Crippen LogP contribution in [-0.4, -0.2) is 15.0 Å². The highest BCUT2D eigenvalue weighted by Crippen LogP contribution is 2.25. The summed E-state index contributed by atoms with van der Waals surface area (Å²) in [6, 6.07) is 16.1. The maximum atomic E-state index is 6.23. The minimum atomic E-state index is 0.115. The Kier molecular flexibility index (Phi) is 7.90. The molecule has 0 aliphatic heterocycles. The van der Waals surface area contributed by atoms with Gasteiger partial charge in [-0.1, -0.05) is 74.5 Å². The Morgan fingerprint density at radius 2 is 1.62 bits per heavy atom. The molecular formula is C21H27BO2. The van der Waals surface area contributed by atoms with Crippen molar-refractivity contribution in [2.45, 2.75) is 51.7 Å². The smallest absolute Gasteiger partial charge is 0.118 e. The number of unbranched alkanes of at least 4 members (excludes halogenated alkanes) is 3. The molecule has 0 saturated carbocycles. The molecule has 0 unspecified atom stereocenters. The van der Waals surface area contributed by atoms with Gasteiger partial charge in [0.25, 0.3) is 0 Å². The van der Waals surface area contributed by atoms with Gasteiger partial charge in [-0.25, -0.2) is 0 Å². The van der Waals surface area contributed by atoms with Crippen molar-refractivity contribution in [1.29, 1.82) is 0 Å². The van der Waals surface area contributed by atoms with Gasteiger partial charge < -0.3 is 9.47 Å². The molecule has 0 amide bonds. The highest BCUT2D eigenvalue weighted by atomic mass is 16.5. The first-order valence-corrected chi connectivity index (χ1v) is 8.83. The molecule has 0 saturated heterocycles. The second-order valence-electron chi connectivity index (χ2n) is 6.16. The zero-order valence-electron chi connectivity index (χ0n) is 14.8. The molecule has 0 aromatic heterocycles. The van der Waals surface area contributed by atoms with Crippen molar-refractivity contribution in [2.24, 2.45) is 0 Å². The van der Waals surface area contributed by atoms with Gasteiger partial charge >= 0.3 is 0 Å². The molecule has 2 aromatic carbocycles. The summed E-state index contributed by atoms with van der Waals surface area (Å²) >= 11 is 0. The molecule has 0 spiro atoms. The number of benzene rings is 2. The Balaban J connectivity index is 1.97. The molecule has 0 N–H and O–H groups in total. The van der Waals surface area contributed by atoms with E-state index in [1.807, 2.05) is 24.3 Å². The van der Waals surface area contributed by atoms with E-state index in [1.54, 1.807) is 7.11 Å². The summed E-state index contributed by atoms with van der Waals surface area (Å²) in [7, 11) is 7.49. The van der Waals surface area contributed by atoms with Crippen LogP contribution in [-0.2, 0) is 11.3 Å². The van der Waals surface area contributed by atoms with Gasteiger partial charge in [0.15, 0.2) is 0 Å². The zero-order chi connectivity index (χ0) is 17.2. The predicted molar refractivity (Wildman–Crippen MR) is 101 cm³/mol. The minimum Gasteiger partial charge on any atom is -0.497 e. The fourth-order valence-corrected chi connectivity index (χ4v) is 2.73. The molecule has 2 aromatic rings. The van der Waals surface area contributed by atoms with Crippen LogP contribution in [0, 0.1) is 0 Å². The van der Waals surface area contributed by atoms with Gasteiger partial charge in [0.2, 0.25) is 0 Å². The lowest BCUT2D eigenvalue weighted by molar-refractivity contribution is 0.0321. The number of hydrogen-bond acceptors (Lipinski definition) is 2. The topological polar surface area (TPSA) is 18.5 Å². The number of methoxy groups -OCH3 is 1. The quantitative estimate of drug-likeness (QED) is 0.465. The van der Waals surface area contributed by atoms with Gasteiger partial charge in [-0.05, 0) is 29.7 Å². The van der Waals surface area contributed by atoms with Gasteiger partial charge in [0.05, 0.1) is 19.8 Å². The van der Waals surface area contributed by atoms with Crippen molar-refractivity contribution in [1.82, 2.24) is 0 Å². The molecule has 2 rings (SSSR count). The first kappa shape index (κ1) is 18.6. The van der Waals surface area contributed by atoms with Crippen LogP contribution >= 0.6 is 0 Å². The molecule has 0 fully saturated rings. The Morgan fingerprint density at radius 3 is 2.25 bits per heavy atom. The number of hydrogen-bond donors (Lipinski definition) is 0. The summed E-state index contributed by atoms with van der Waals surface area (Å²) in [5.74, 6) is 0.869. The maximum Gasteiger partial charge on any atom is 0.118 e. The molecule has 0 bridgehead atoms. The van der Waals surface area contributed by atoms with Crippen LogP contribution < -0.4 is 10.2 Å². The summed E-state index contributed by atoms with van der Waals surface area (Å²) < 4.78 is 11.4. The van der Waals surface area contributed by atoms with E-state index < -0.39 is 0 Å². The summed E-state index contributed by atoms with van der Waals surface area (Å²) in [6.07, 6.45) is 6.13. The third-order valence-electron chi connectivity index (χ3n) is 4.24. The van der Waals surface area contributed by atoms with E-state index in [0.29, 0.717) is 6.61 Å². The maximum absolute atomic E-state index is 6.23. The molecule has 0 aliphatic rings. The van der Waals surface area contributed by atoms with Gasteiger partial charge in [0, 0.05) is 0 Å². The van der Waals surface area contributed by atoms with E-state index in [-0.39, 0.29) is 6.10 Å². The van der Waals surface area contributed by atoms with Crippen molar-refractivity contribution in [2.75, 3.05) is 7.11 Å². The first-order valence-electron chi connectivity index (χ1n) is 8.83. The Hall–Kier alpha value is -1.74. The van der Waals surface area contributed by atoms with E-state index >= 15 is 0 Å². The third kappa shape index (κ3) is 6.05. The van der Waals surface area contributed by atoms with Crippen LogP contribution in [0.15, 0.2) is 48.5 Å². The van der Waals surface area contributed by atoms with E-state index in [4.69, 9.17) is 17.3 Å². The standard InChI is InChI=1S/C21H27BO2/c1-3-4-5-6-7-21(18-10-12-19(22)13-11-18)24-16-17-8-14-20(23-2)15-9-17/h8-15,21H,3-7,16H2,1-2H3/t21-/m0/s1. The summed E-state index contributed by atoms with van der Waals surface area (Å²) in [5, 5.41) is 0. The Labute approximate surface area is 147 Å². The molecule has 24 heavy (non-hydrogen) atoms. The fourth-order valence-electron chi connectivity index (χ4n) is 2.73. The molecule has 3 heteroatoms. The van der Waals surface area contributed by atoms with Crippen LogP contribution in [0.2, 0.25) is 0 Å². The lowest BCUT2D eigenvalue weighted by atomic mass is 9.93. The van der Waals surface area contributed by atoms with Gasteiger partial charge in [-0.2, -0.15) is 0 Å². The van der Waals surface area contributed by atoms with Crippen molar-refractivity contribution in [3.05, 3.63) is 59.7 Å². The summed E-state index contributed by atoms with van der Waals surface area (Å²) in [6.45, 7) is 2.84. The lowest BCUT2D eigenvalue weighted by Crippen LogP contribution is -2.08. The second kappa shape index (κ2) is 10.2. The summed E-state index contributed by atoms with van der Waals surface area (Å²) in [4.78, 5) is 0. The predicted octanol–water partition coefficient (Wildman–Crippen LogP) is 4.72. The van der Waals surface area contributed by atoms with Crippen molar-refractivity contribution in [3.8, 4) is 5.75 Å². The van der Waals surface area contributed by atoms with Crippen LogP contribution in [0.5, 0.6) is 5.75 Å². The van der Waals surface area contributed by atoms with Gasteiger partial charge in [-0.15, -0.1) is 0 Å². The third-order valence-corrected chi connectivity index (χ3v) is 4.24. The average Bonchev–Trinajstić information content (AvgIpc) is 2.62. The largest absolute Gasteiger partial charge is 0.497 e. The molecule has 0 heterocycles. The monoisotopic (exact) mass is 322 g/mol. The fraction of sp³-hybridized carbons (Fsp3) is 0.429. The summed E-state index contributed by atoms with van der Waals surface area (Å²) in [5.41, 5.74) is 3.15. The molecule has 1 atom stereocenters. The minimum absolute atomic E-state index is 0.115. The second-order valence-corrected chi connectivity index (χ2v) is 6.16. The van der Waals surface area contributed by atoms with Crippen LogP contribution in [0.4, 0.5) is 0 Å². The molecule has 126 valence electrons. The van der Waals surface area contributed by atoms with E-state index in [9.17, 15) is 0 Å². The van der Waals surface area contributed by atoms with E-state index in [2.05, 4.69) is 31.2 Å².